The summed E-state index contributed by atoms with van der Waals surface area (Å²) >= 11 is 0. The Kier molecular flexibility index (Phi) is 47.1. The third kappa shape index (κ3) is 47.2. The first-order valence-corrected chi connectivity index (χ1v) is 24.4. The molecule has 0 aromatic heterocycles. The van der Waals surface area contributed by atoms with Gasteiger partial charge in [0, 0.05) is 12.8 Å². The van der Waals surface area contributed by atoms with Crippen molar-refractivity contribution in [2.45, 2.75) is 213 Å². The second-order valence-corrected chi connectivity index (χ2v) is 15.8. The Bertz CT molecular complexity index is 1210. The summed E-state index contributed by atoms with van der Waals surface area (Å²) in [6.45, 7) is 3.99. The molecular formula is C55H90O5. The minimum Gasteiger partial charge on any atom is -0.462 e. The summed E-state index contributed by atoms with van der Waals surface area (Å²) in [6.07, 6.45) is 71.7. The summed E-state index contributed by atoms with van der Waals surface area (Å²) in [7, 11) is 0. The summed E-state index contributed by atoms with van der Waals surface area (Å²) in [5, 5.41) is 9.61. The summed E-state index contributed by atoms with van der Waals surface area (Å²) < 4.78 is 10.6. The number of unbranched alkanes of at least 4 members (excludes halogenated alkanes) is 17. The molecule has 0 amide bonds. The Hall–Kier alpha value is -3.44. The van der Waals surface area contributed by atoms with Gasteiger partial charge in [-0.25, -0.2) is 0 Å². The fourth-order valence-electron chi connectivity index (χ4n) is 6.39. The van der Waals surface area contributed by atoms with Crippen LogP contribution in [0.5, 0.6) is 0 Å². The summed E-state index contributed by atoms with van der Waals surface area (Å²) in [4.78, 5) is 24.4. The van der Waals surface area contributed by atoms with Crippen molar-refractivity contribution in [2.75, 3.05) is 13.2 Å². The lowest BCUT2D eigenvalue weighted by molar-refractivity contribution is -0.161. The van der Waals surface area contributed by atoms with E-state index in [1.807, 2.05) is 0 Å². The maximum absolute atomic E-state index is 12.2. The monoisotopic (exact) mass is 831 g/mol. The fraction of sp³-hybridized carbons (Fsp3) is 0.636. The van der Waals surface area contributed by atoms with E-state index in [9.17, 15) is 14.7 Å². The third-order valence-electron chi connectivity index (χ3n) is 10.1. The van der Waals surface area contributed by atoms with Gasteiger partial charge in [0.15, 0.2) is 6.10 Å². The van der Waals surface area contributed by atoms with Crippen LogP contribution in [-0.2, 0) is 19.1 Å². The Morgan fingerprint density at radius 3 is 1.10 bits per heavy atom. The molecule has 1 N–H and O–H groups in total. The first-order chi connectivity index (χ1) is 29.6. The number of allylic oxidation sites excluding steroid dienone is 18. The lowest BCUT2D eigenvalue weighted by Gasteiger charge is -2.15. The highest BCUT2D eigenvalue weighted by Crippen LogP contribution is 2.13. The molecule has 0 spiro atoms. The van der Waals surface area contributed by atoms with Gasteiger partial charge >= 0.3 is 11.9 Å². The molecule has 1 atom stereocenters. The van der Waals surface area contributed by atoms with Crippen molar-refractivity contribution in [3.8, 4) is 0 Å². The molecule has 0 aliphatic rings. The van der Waals surface area contributed by atoms with Gasteiger partial charge in [0.1, 0.15) is 6.61 Å². The van der Waals surface area contributed by atoms with Gasteiger partial charge in [0.2, 0.25) is 0 Å². The van der Waals surface area contributed by atoms with E-state index in [2.05, 4.69) is 123 Å². The maximum Gasteiger partial charge on any atom is 0.306 e. The Labute approximate surface area is 370 Å². The van der Waals surface area contributed by atoms with Crippen LogP contribution in [0, 0.1) is 0 Å². The molecule has 0 bridgehead atoms. The average Bonchev–Trinajstić information content (AvgIpc) is 3.25. The van der Waals surface area contributed by atoms with Gasteiger partial charge in [-0.05, 0) is 103 Å². The summed E-state index contributed by atoms with van der Waals surface area (Å²) in [6, 6.07) is 0. The number of aliphatic hydroxyl groups is 1. The van der Waals surface area contributed by atoms with Crippen LogP contribution in [0.25, 0.3) is 0 Å². The van der Waals surface area contributed by atoms with Crippen molar-refractivity contribution < 1.29 is 24.2 Å². The van der Waals surface area contributed by atoms with Crippen molar-refractivity contribution in [3.05, 3.63) is 109 Å². The minimum absolute atomic E-state index is 0.0848. The molecule has 0 saturated heterocycles. The zero-order valence-electron chi connectivity index (χ0n) is 38.7. The lowest BCUT2D eigenvalue weighted by atomic mass is 10.1. The normalized spacial score (nSPS) is 13.2. The Balaban J connectivity index is 3.66. The Morgan fingerprint density at radius 1 is 0.400 bits per heavy atom. The predicted molar refractivity (Wildman–Crippen MR) is 260 cm³/mol. The minimum atomic E-state index is -0.795. The second kappa shape index (κ2) is 49.9. The first kappa shape index (κ1) is 56.6. The topological polar surface area (TPSA) is 72.8 Å². The number of ether oxygens (including phenoxy) is 2. The van der Waals surface area contributed by atoms with Crippen molar-refractivity contribution in [1.29, 1.82) is 0 Å². The zero-order valence-corrected chi connectivity index (χ0v) is 38.7. The largest absolute Gasteiger partial charge is 0.462 e. The van der Waals surface area contributed by atoms with Gasteiger partial charge in [-0.1, -0.05) is 200 Å². The van der Waals surface area contributed by atoms with Crippen LogP contribution in [-0.4, -0.2) is 36.4 Å². The van der Waals surface area contributed by atoms with Crippen LogP contribution in [0.15, 0.2) is 109 Å². The first-order valence-electron chi connectivity index (χ1n) is 24.4. The van der Waals surface area contributed by atoms with E-state index in [4.69, 9.17) is 9.47 Å². The van der Waals surface area contributed by atoms with E-state index in [-0.39, 0.29) is 25.2 Å². The van der Waals surface area contributed by atoms with Crippen LogP contribution in [0.1, 0.15) is 206 Å². The average molecular weight is 831 g/mol. The molecule has 0 aliphatic carbocycles. The highest BCUT2D eigenvalue weighted by Gasteiger charge is 2.16. The molecular weight excluding hydrogens is 741 g/mol. The van der Waals surface area contributed by atoms with E-state index < -0.39 is 6.10 Å². The van der Waals surface area contributed by atoms with Crippen molar-refractivity contribution in [3.63, 3.8) is 0 Å². The van der Waals surface area contributed by atoms with Crippen LogP contribution >= 0.6 is 0 Å². The van der Waals surface area contributed by atoms with Crippen LogP contribution in [0.3, 0.4) is 0 Å². The maximum atomic E-state index is 12.2. The molecule has 0 aromatic carbocycles. The van der Waals surface area contributed by atoms with Crippen LogP contribution in [0.4, 0.5) is 0 Å². The number of carbonyl (C=O) groups excluding carboxylic acids is 2. The van der Waals surface area contributed by atoms with Gasteiger partial charge in [0.25, 0.3) is 0 Å². The molecule has 60 heavy (non-hydrogen) atoms. The number of aliphatic hydroxyl groups excluding tert-OH is 1. The molecule has 0 radical (unpaired) electrons. The molecule has 0 fully saturated rings. The summed E-state index contributed by atoms with van der Waals surface area (Å²) in [5.74, 6) is -0.631. The van der Waals surface area contributed by atoms with E-state index in [0.29, 0.717) is 12.8 Å². The van der Waals surface area contributed by atoms with Gasteiger partial charge in [-0.15, -0.1) is 0 Å². The fourth-order valence-corrected chi connectivity index (χ4v) is 6.39. The quantitative estimate of drug-likeness (QED) is 0.0376. The molecule has 0 saturated carbocycles. The van der Waals surface area contributed by atoms with Crippen molar-refractivity contribution in [1.82, 2.24) is 0 Å². The number of esters is 2. The molecule has 1 unspecified atom stereocenters. The van der Waals surface area contributed by atoms with E-state index in [1.165, 1.54) is 77.0 Å². The highest BCUT2D eigenvalue weighted by atomic mass is 16.6. The second-order valence-electron chi connectivity index (χ2n) is 15.8. The number of hydrogen-bond donors (Lipinski definition) is 1. The summed E-state index contributed by atoms with van der Waals surface area (Å²) in [5.41, 5.74) is 0. The van der Waals surface area contributed by atoms with Gasteiger partial charge in [-0.3, -0.25) is 9.59 Å². The van der Waals surface area contributed by atoms with E-state index in [0.717, 1.165) is 103 Å². The van der Waals surface area contributed by atoms with E-state index in [1.54, 1.807) is 0 Å². The third-order valence-corrected chi connectivity index (χ3v) is 10.1. The number of hydrogen-bond acceptors (Lipinski definition) is 5. The molecule has 0 heterocycles. The molecule has 340 valence electrons. The molecule has 5 nitrogen and oxygen atoms in total. The van der Waals surface area contributed by atoms with Gasteiger partial charge < -0.3 is 14.6 Å². The number of rotatable bonds is 43. The smallest absolute Gasteiger partial charge is 0.306 e. The number of carbonyl (C=O) groups is 2. The molecule has 5 heteroatoms. The zero-order chi connectivity index (χ0) is 43.5. The highest BCUT2D eigenvalue weighted by molar-refractivity contribution is 5.70. The predicted octanol–water partition coefficient (Wildman–Crippen LogP) is 16.2. The van der Waals surface area contributed by atoms with Gasteiger partial charge in [-0.2, -0.15) is 0 Å². The van der Waals surface area contributed by atoms with Crippen LogP contribution in [0.2, 0.25) is 0 Å². The van der Waals surface area contributed by atoms with Crippen LogP contribution < -0.4 is 0 Å². The van der Waals surface area contributed by atoms with Crippen molar-refractivity contribution in [2.24, 2.45) is 0 Å². The molecule has 0 aliphatic heterocycles. The van der Waals surface area contributed by atoms with Gasteiger partial charge in [0.05, 0.1) is 6.61 Å². The molecule has 0 aromatic rings. The standard InChI is InChI=1S/C55H90O5/c1-3-5-7-9-11-13-15-17-19-21-22-23-24-25-26-27-28-29-30-31-32-34-36-38-40-42-44-46-48-50-55(58)60-53(51-56)52-59-54(57)49-47-45-43-41-39-37-35-33-20-18-16-14-12-10-8-6-4-2/h5,7,11,13,17-20,22-23,25-26,28-29,31-32,36,38,53,56H,3-4,6,8-10,12,14-16,21,24,27,30,33-35,37,39-52H2,1-2H3/b7-5-,13-11-,19-17-,20-18-,23-22-,26-25-,29-28-,32-31-,38-36-. The molecule has 0 rings (SSSR count). The van der Waals surface area contributed by atoms with Crippen molar-refractivity contribution >= 4 is 11.9 Å². The SMILES string of the molecule is CC/C=C\C/C=C\C/C=C\C/C=C\C/C=C\C/C=C\C/C=C\C/C=C\CCCCCCC(=O)OC(CO)COC(=O)CCCCCCCCC/C=C\CCCCCCCC. The lowest BCUT2D eigenvalue weighted by Crippen LogP contribution is -2.28. The Morgan fingerprint density at radius 2 is 0.717 bits per heavy atom. The van der Waals surface area contributed by atoms with E-state index >= 15 is 0 Å².